The summed E-state index contributed by atoms with van der Waals surface area (Å²) in [6.45, 7) is 10.3. The molecule has 1 atom stereocenters. The van der Waals surface area contributed by atoms with E-state index in [-0.39, 0.29) is 5.91 Å². The largest absolute Gasteiger partial charge is 0.355 e. The fourth-order valence-corrected chi connectivity index (χ4v) is 2.66. The molecule has 0 aliphatic rings. The molecule has 0 bridgehead atoms. The number of hydrogen-bond acceptors (Lipinski definition) is 3. The molecule has 1 aromatic carbocycles. The maximum absolute atomic E-state index is 11.7. The lowest BCUT2D eigenvalue weighted by Gasteiger charge is -2.14. The summed E-state index contributed by atoms with van der Waals surface area (Å²) < 4.78 is 0. The average molecular weight is 308 g/mol. The van der Waals surface area contributed by atoms with E-state index in [1.165, 1.54) is 5.56 Å². The third-order valence-corrected chi connectivity index (χ3v) is 4.13. The lowest BCUT2D eigenvalue weighted by molar-refractivity contribution is -0.118. The van der Waals surface area contributed by atoms with Gasteiger partial charge in [-0.1, -0.05) is 32.9 Å². The fraction of sp³-hybridized carbons (Fsp3) is 0.588. The Morgan fingerprint density at radius 3 is 2.71 bits per heavy atom. The van der Waals surface area contributed by atoms with Gasteiger partial charge < -0.3 is 10.6 Å². The molecule has 0 radical (unpaired) electrons. The minimum Gasteiger partial charge on any atom is -0.355 e. The van der Waals surface area contributed by atoms with E-state index >= 15 is 0 Å². The van der Waals surface area contributed by atoms with Crippen LogP contribution in [0.5, 0.6) is 0 Å². The van der Waals surface area contributed by atoms with Crippen molar-refractivity contribution in [2.45, 2.75) is 45.1 Å². The first-order valence-corrected chi connectivity index (χ1v) is 8.74. The van der Waals surface area contributed by atoms with Gasteiger partial charge in [-0.15, -0.1) is 11.8 Å². The van der Waals surface area contributed by atoms with Gasteiger partial charge in [-0.25, -0.2) is 0 Å². The molecule has 118 valence electrons. The second kappa shape index (κ2) is 9.85. The molecule has 0 spiro atoms. The Hall–Kier alpha value is -1.00. The van der Waals surface area contributed by atoms with Crippen LogP contribution >= 0.6 is 11.8 Å². The lowest BCUT2D eigenvalue weighted by Crippen LogP contribution is -2.28. The number of thioether (sulfide) groups is 1. The summed E-state index contributed by atoms with van der Waals surface area (Å²) in [5.74, 6) is 1.08. The van der Waals surface area contributed by atoms with E-state index in [2.05, 4.69) is 62.6 Å². The van der Waals surface area contributed by atoms with Crippen molar-refractivity contribution in [1.29, 1.82) is 0 Å². The Morgan fingerprint density at radius 2 is 2.05 bits per heavy atom. The van der Waals surface area contributed by atoms with Gasteiger partial charge in [0.15, 0.2) is 0 Å². The zero-order valence-corrected chi connectivity index (χ0v) is 14.4. The predicted molar refractivity (Wildman–Crippen MR) is 91.7 cm³/mol. The van der Waals surface area contributed by atoms with E-state index < -0.39 is 0 Å². The Bertz CT molecular complexity index is 435. The predicted octanol–water partition coefficient (Wildman–Crippen LogP) is 3.61. The summed E-state index contributed by atoms with van der Waals surface area (Å²) in [6, 6.07) is 8.79. The highest BCUT2D eigenvalue weighted by Crippen LogP contribution is 2.22. The summed E-state index contributed by atoms with van der Waals surface area (Å²) in [4.78, 5) is 12.9. The molecule has 0 aliphatic carbocycles. The van der Waals surface area contributed by atoms with Crippen LogP contribution in [-0.4, -0.2) is 24.7 Å². The Balaban J connectivity index is 2.47. The van der Waals surface area contributed by atoms with Crippen molar-refractivity contribution in [2.24, 2.45) is 5.92 Å². The molecule has 0 aliphatic heterocycles. The highest BCUT2D eigenvalue weighted by atomic mass is 32.2. The van der Waals surface area contributed by atoms with Crippen LogP contribution in [0, 0.1) is 5.92 Å². The summed E-state index contributed by atoms with van der Waals surface area (Å²) in [6.07, 6.45) is 1.13. The van der Waals surface area contributed by atoms with Crippen LogP contribution in [0.25, 0.3) is 0 Å². The van der Waals surface area contributed by atoms with E-state index in [1.54, 1.807) is 11.8 Å². The van der Waals surface area contributed by atoms with Crippen molar-refractivity contribution in [3.63, 3.8) is 0 Å². The molecule has 0 aromatic heterocycles. The van der Waals surface area contributed by atoms with Crippen molar-refractivity contribution in [2.75, 3.05) is 18.8 Å². The van der Waals surface area contributed by atoms with E-state index in [0.717, 1.165) is 24.4 Å². The van der Waals surface area contributed by atoms with Crippen LogP contribution in [0.1, 0.15) is 45.7 Å². The number of amides is 1. The van der Waals surface area contributed by atoms with Crippen LogP contribution in [0.2, 0.25) is 0 Å². The molecule has 0 saturated carbocycles. The van der Waals surface area contributed by atoms with Crippen LogP contribution in [0.3, 0.4) is 0 Å². The molecule has 1 aromatic rings. The zero-order valence-electron chi connectivity index (χ0n) is 13.6. The Kier molecular flexibility index (Phi) is 8.47. The summed E-state index contributed by atoms with van der Waals surface area (Å²) in [5.41, 5.74) is 1.27. The molecular weight excluding hydrogens is 280 g/mol. The quantitative estimate of drug-likeness (QED) is 0.685. The van der Waals surface area contributed by atoms with Crippen molar-refractivity contribution >= 4 is 17.7 Å². The van der Waals surface area contributed by atoms with Gasteiger partial charge in [-0.3, -0.25) is 4.79 Å². The summed E-state index contributed by atoms with van der Waals surface area (Å²) >= 11 is 1.60. The van der Waals surface area contributed by atoms with Gasteiger partial charge in [-0.05, 0) is 43.5 Å². The van der Waals surface area contributed by atoms with Gasteiger partial charge in [-0.2, -0.15) is 0 Å². The normalized spacial score (nSPS) is 12.4. The first-order chi connectivity index (χ1) is 10.0. The van der Waals surface area contributed by atoms with Crippen LogP contribution in [0.15, 0.2) is 29.2 Å². The second-order valence-electron chi connectivity index (χ2n) is 5.73. The molecule has 1 amide bonds. The van der Waals surface area contributed by atoms with Crippen molar-refractivity contribution in [3.05, 3.63) is 29.8 Å². The summed E-state index contributed by atoms with van der Waals surface area (Å²) in [7, 11) is 0. The lowest BCUT2D eigenvalue weighted by atomic mass is 10.1. The number of carbonyl (C=O) groups excluding carboxylic acids is 1. The smallest absolute Gasteiger partial charge is 0.230 e. The zero-order chi connectivity index (χ0) is 15.7. The monoisotopic (exact) mass is 308 g/mol. The van der Waals surface area contributed by atoms with Gasteiger partial charge >= 0.3 is 0 Å². The maximum Gasteiger partial charge on any atom is 0.230 e. The Labute approximate surface area is 133 Å². The first-order valence-electron chi connectivity index (χ1n) is 7.75. The third-order valence-electron chi connectivity index (χ3n) is 3.14. The highest BCUT2D eigenvalue weighted by molar-refractivity contribution is 8.00. The van der Waals surface area contributed by atoms with Crippen molar-refractivity contribution < 1.29 is 4.79 Å². The molecule has 0 saturated heterocycles. The molecule has 2 N–H and O–H groups in total. The van der Waals surface area contributed by atoms with E-state index in [9.17, 15) is 4.79 Å². The average Bonchev–Trinajstić information content (AvgIpc) is 2.48. The highest BCUT2D eigenvalue weighted by Gasteiger charge is 2.07. The van der Waals surface area contributed by atoms with E-state index in [1.807, 2.05) is 0 Å². The van der Waals surface area contributed by atoms with Crippen LogP contribution < -0.4 is 10.6 Å². The minimum atomic E-state index is 0.108. The van der Waals surface area contributed by atoms with Gasteiger partial charge in [0.05, 0.1) is 5.75 Å². The second-order valence-corrected chi connectivity index (χ2v) is 6.78. The fourth-order valence-electron chi connectivity index (χ4n) is 1.87. The van der Waals surface area contributed by atoms with Gasteiger partial charge in [0.1, 0.15) is 0 Å². The number of hydrogen-bond donors (Lipinski definition) is 2. The third kappa shape index (κ3) is 7.53. The molecule has 0 fully saturated rings. The van der Waals surface area contributed by atoms with Gasteiger partial charge in [0.2, 0.25) is 5.91 Å². The number of carbonyl (C=O) groups is 1. The van der Waals surface area contributed by atoms with Gasteiger partial charge in [0.25, 0.3) is 0 Å². The number of benzene rings is 1. The maximum atomic E-state index is 11.7. The van der Waals surface area contributed by atoms with Crippen molar-refractivity contribution in [3.8, 4) is 0 Å². The molecule has 1 rings (SSSR count). The molecule has 0 heterocycles. The topological polar surface area (TPSA) is 41.1 Å². The van der Waals surface area contributed by atoms with E-state index in [4.69, 9.17) is 0 Å². The minimum absolute atomic E-state index is 0.108. The molecule has 21 heavy (non-hydrogen) atoms. The van der Waals surface area contributed by atoms with Gasteiger partial charge in [0, 0.05) is 17.5 Å². The number of rotatable bonds is 9. The van der Waals surface area contributed by atoms with E-state index in [0.29, 0.717) is 17.7 Å². The SMILES string of the molecule is CCCNC(C)c1cccc(SCC(=O)NCC(C)C)c1. The summed E-state index contributed by atoms with van der Waals surface area (Å²) in [5, 5.41) is 6.43. The molecule has 4 heteroatoms. The van der Waals surface area contributed by atoms with Crippen LogP contribution in [-0.2, 0) is 4.79 Å². The standard InChI is InChI=1S/C17H28N2OS/c1-5-9-18-14(4)15-7-6-8-16(10-15)21-12-17(20)19-11-13(2)3/h6-8,10,13-14,18H,5,9,11-12H2,1-4H3,(H,19,20). The van der Waals surface area contributed by atoms with Crippen LogP contribution in [0.4, 0.5) is 0 Å². The molecular formula is C17H28N2OS. The molecule has 1 unspecified atom stereocenters. The van der Waals surface area contributed by atoms with Crippen molar-refractivity contribution in [1.82, 2.24) is 10.6 Å². The molecule has 3 nitrogen and oxygen atoms in total. The Morgan fingerprint density at radius 1 is 1.29 bits per heavy atom. The number of nitrogens with one attached hydrogen (secondary N) is 2. The first kappa shape index (κ1) is 18.1.